The highest BCUT2D eigenvalue weighted by Gasteiger charge is 2.29. The Morgan fingerprint density at radius 3 is 2.85 bits per heavy atom. The fourth-order valence-corrected chi connectivity index (χ4v) is 2.76. The smallest absolute Gasteiger partial charge is 0.221 e. The minimum absolute atomic E-state index is 0.0625. The fourth-order valence-electron chi connectivity index (χ4n) is 2.76. The summed E-state index contributed by atoms with van der Waals surface area (Å²) in [5, 5.41) is 6.52. The summed E-state index contributed by atoms with van der Waals surface area (Å²) >= 11 is 0. The Morgan fingerprint density at radius 2 is 2.20 bits per heavy atom. The number of amides is 1. The molecule has 20 heavy (non-hydrogen) atoms. The number of nitrogens with zero attached hydrogens (tertiary/aromatic N) is 2. The largest absolute Gasteiger partial charge is 0.351 e. The van der Waals surface area contributed by atoms with Crippen molar-refractivity contribution < 1.29 is 4.79 Å². The molecule has 112 valence electrons. The van der Waals surface area contributed by atoms with Crippen LogP contribution in [0, 0.1) is 0 Å². The van der Waals surface area contributed by atoms with Crippen LogP contribution in [0.25, 0.3) is 0 Å². The first-order valence-electron chi connectivity index (χ1n) is 7.47. The predicted molar refractivity (Wildman–Crippen MR) is 79.4 cm³/mol. The SMILES string of the molecule is CC(C)(C)NCCC(=O)NC1CCCC1n1ccnc1. The van der Waals surface area contributed by atoms with Gasteiger partial charge >= 0.3 is 0 Å². The second-order valence-electron chi connectivity index (χ2n) is 6.61. The summed E-state index contributed by atoms with van der Waals surface area (Å²) in [5.41, 5.74) is 0.0625. The Bertz CT molecular complexity index is 422. The molecule has 2 atom stereocenters. The van der Waals surface area contributed by atoms with Gasteiger partial charge in [0, 0.05) is 36.9 Å². The van der Waals surface area contributed by atoms with E-state index in [1.54, 1.807) is 6.20 Å². The molecule has 2 unspecified atom stereocenters. The molecule has 0 spiro atoms. The number of imidazole rings is 1. The maximum atomic E-state index is 12.0. The van der Waals surface area contributed by atoms with Gasteiger partial charge in [-0.3, -0.25) is 4.79 Å². The van der Waals surface area contributed by atoms with Gasteiger partial charge in [-0.15, -0.1) is 0 Å². The lowest BCUT2D eigenvalue weighted by atomic mass is 10.1. The third-order valence-corrected chi connectivity index (χ3v) is 3.74. The van der Waals surface area contributed by atoms with Gasteiger partial charge in [0.2, 0.25) is 5.91 Å². The van der Waals surface area contributed by atoms with E-state index in [4.69, 9.17) is 0 Å². The van der Waals surface area contributed by atoms with Crippen LogP contribution in [0.1, 0.15) is 52.5 Å². The van der Waals surface area contributed by atoms with Gasteiger partial charge in [0.15, 0.2) is 0 Å². The van der Waals surface area contributed by atoms with E-state index in [1.165, 1.54) is 0 Å². The Kier molecular flexibility index (Phi) is 4.81. The number of hydrogen-bond donors (Lipinski definition) is 2. The number of aromatic nitrogens is 2. The third kappa shape index (κ3) is 4.34. The number of carbonyl (C=O) groups is 1. The first-order chi connectivity index (χ1) is 9.46. The van der Waals surface area contributed by atoms with Crippen molar-refractivity contribution in [1.29, 1.82) is 0 Å². The Hall–Kier alpha value is -1.36. The van der Waals surface area contributed by atoms with Crippen LogP contribution >= 0.6 is 0 Å². The first-order valence-corrected chi connectivity index (χ1v) is 7.47. The van der Waals surface area contributed by atoms with Crippen molar-refractivity contribution in [2.24, 2.45) is 0 Å². The van der Waals surface area contributed by atoms with E-state index in [9.17, 15) is 4.79 Å². The molecule has 0 aliphatic heterocycles. The summed E-state index contributed by atoms with van der Waals surface area (Å²) in [7, 11) is 0. The average molecular weight is 278 g/mol. The van der Waals surface area contributed by atoms with Crippen LogP contribution in [0.5, 0.6) is 0 Å². The van der Waals surface area contributed by atoms with Gasteiger partial charge in [0.1, 0.15) is 0 Å². The van der Waals surface area contributed by atoms with Crippen LogP contribution in [0.2, 0.25) is 0 Å². The molecule has 0 bridgehead atoms. The van der Waals surface area contributed by atoms with Crippen molar-refractivity contribution in [3.63, 3.8) is 0 Å². The minimum atomic E-state index is 0.0625. The van der Waals surface area contributed by atoms with E-state index in [2.05, 4.69) is 41.0 Å². The van der Waals surface area contributed by atoms with E-state index >= 15 is 0 Å². The lowest BCUT2D eigenvalue weighted by molar-refractivity contribution is -0.121. The van der Waals surface area contributed by atoms with Crippen LogP contribution in [0.3, 0.4) is 0 Å². The van der Waals surface area contributed by atoms with Crippen molar-refractivity contribution in [3.05, 3.63) is 18.7 Å². The molecule has 2 N–H and O–H groups in total. The second kappa shape index (κ2) is 6.39. The number of nitrogens with one attached hydrogen (secondary N) is 2. The zero-order valence-electron chi connectivity index (χ0n) is 12.7. The summed E-state index contributed by atoms with van der Waals surface area (Å²) in [6, 6.07) is 0.600. The maximum absolute atomic E-state index is 12.0. The zero-order valence-corrected chi connectivity index (χ0v) is 12.7. The van der Waals surface area contributed by atoms with E-state index in [0.29, 0.717) is 12.5 Å². The van der Waals surface area contributed by atoms with E-state index < -0.39 is 0 Å². The van der Waals surface area contributed by atoms with Gasteiger partial charge in [0.25, 0.3) is 0 Å². The van der Waals surface area contributed by atoms with Gasteiger partial charge in [0.05, 0.1) is 12.4 Å². The highest BCUT2D eigenvalue weighted by atomic mass is 16.1. The summed E-state index contributed by atoms with van der Waals surface area (Å²) in [5.74, 6) is 0.138. The molecule has 1 aromatic rings. The third-order valence-electron chi connectivity index (χ3n) is 3.74. The molecule has 1 heterocycles. The fraction of sp³-hybridized carbons (Fsp3) is 0.733. The molecule has 1 fully saturated rings. The van der Waals surface area contributed by atoms with Crippen molar-refractivity contribution in [2.75, 3.05) is 6.54 Å². The number of carbonyl (C=O) groups excluding carboxylic acids is 1. The maximum Gasteiger partial charge on any atom is 0.221 e. The molecule has 1 aromatic heterocycles. The van der Waals surface area contributed by atoms with E-state index in [1.807, 2.05) is 12.5 Å². The van der Waals surface area contributed by atoms with Gasteiger partial charge in [-0.1, -0.05) is 0 Å². The Labute approximate surface area is 121 Å². The topological polar surface area (TPSA) is 59.0 Å². The monoisotopic (exact) mass is 278 g/mol. The van der Waals surface area contributed by atoms with Gasteiger partial charge < -0.3 is 15.2 Å². The Balaban J connectivity index is 1.79. The van der Waals surface area contributed by atoms with Crippen LogP contribution in [-0.2, 0) is 4.79 Å². The summed E-state index contributed by atoms with van der Waals surface area (Å²) < 4.78 is 2.12. The number of hydrogen-bond acceptors (Lipinski definition) is 3. The van der Waals surface area contributed by atoms with Crippen molar-refractivity contribution in [3.8, 4) is 0 Å². The van der Waals surface area contributed by atoms with Crippen molar-refractivity contribution in [2.45, 2.75) is 64.1 Å². The standard InChI is InChI=1S/C15H26N4O/c1-15(2,3)17-8-7-14(20)18-12-5-4-6-13(12)19-10-9-16-11-19/h9-13,17H,4-8H2,1-3H3,(H,18,20). The van der Waals surface area contributed by atoms with Crippen LogP contribution < -0.4 is 10.6 Å². The molecular formula is C15H26N4O. The molecule has 0 radical (unpaired) electrons. The molecule has 1 saturated carbocycles. The predicted octanol–water partition coefficient (Wildman–Crippen LogP) is 1.87. The average Bonchev–Trinajstić information content (AvgIpc) is 2.96. The number of rotatable bonds is 5. The van der Waals surface area contributed by atoms with Crippen molar-refractivity contribution in [1.82, 2.24) is 20.2 Å². The lowest BCUT2D eigenvalue weighted by Gasteiger charge is -2.23. The molecule has 1 aliphatic carbocycles. The van der Waals surface area contributed by atoms with E-state index in [-0.39, 0.29) is 17.5 Å². The first kappa shape index (κ1) is 15.0. The molecule has 5 nitrogen and oxygen atoms in total. The summed E-state index contributed by atoms with van der Waals surface area (Å²) in [6.07, 6.45) is 9.48. The Morgan fingerprint density at radius 1 is 1.40 bits per heavy atom. The van der Waals surface area contributed by atoms with E-state index in [0.717, 1.165) is 25.8 Å². The normalized spacial score (nSPS) is 22.9. The molecule has 1 aliphatic rings. The van der Waals surface area contributed by atoms with Crippen LogP contribution in [-0.4, -0.2) is 33.6 Å². The molecule has 2 rings (SSSR count). The van der Waals surface area contributed by atoms with Crippen LogP contribution in [0.15, 0.2) is 18.7 Å². The van der Waals surface area contributed by atoms with Gasteiger partial charge in [-0.05, 0) is 40.0 Å². The highest BCUT2D eigenvalue weighted by Crippen LogP contribution is 2.29. The molecular weight excluding hydrogens is 252 g/mol. The summed E-state index contributed by atoms with van der Waals surface area (Å²) in [4.78, 5) is 16.1. The quantitative estimate of drug-likeness (QED) is 0.864. The minimum Gasteiger partial charge on any atom is -0.351 e. The van der Waals surface area contributed by atoms with Crippen molar-refractivity contribution >= 4 is 5.91 Å². The second-order valence-corrected chi connectivity index (χ2v) is 6.61. The molecule has 1 amide bonds. The molecule has 0 aromatic carbocycles. The zero-order chi connectivity index (χ0) is 14.6. The summed E-state index contributed by atoms with van der Waals surface area (Å²) in [6.45, 7) is 7.04. The highest BCUT2D eigenvalue weighted by molar-refractivity contribution is 5.76. The van der Waals surface area contributed by atoms with Gasteiger partial charge in [-0.25, -0.2) is 4.98 Å². The molecule has 5 heteroatoms. The molecule has 0 saturated heterocycles. The van der Waals surface area contributed by atoms with Gasteiger partial charge in [-0.2, -0.15) is 0 Å². The lowest BCUT2D eigenvalue weighted by Crippen LogP contribution is -2.41. The van der Waals surface area contributed by atoms with Crippen LogP contribution in [0.4, 0.5) is 0 Å².